The van der Waals surface area contributed by atoms with Crippen molar-refractivity contribution in [2.75, 3.05) is 6.61 Å². The van der Waals surface area contributed by atoms with E-state index in [9.17, 15) is 14.4 Å². The zero-order valence-electron chi connectivity index (χ0n) is 15.1. The zero-order valence-corrected chi connectivity index (χ0v) is 15.1. The predicted molar refractivity (Wildman–Crippen MR) is 102 cm³/mol. The van der Waals surface area contributed by atoms with E-state index < -0.39 is 18.5 Å². The minimum atomic E-state index is -0.685. The molecule has 0 aliphatic rings. The fraction of sp³-hybridized carbons (Fsp3) is 0.190. The van der Waals surface area contributed by atoms with E-state index in [1.807, 2.05) is 49.4 Å². The molecular weight excluding hydrogens is 344 g/mol. The summed E-state index contributed by atoms with van der Waals surface area (Å²) >= 11 is 0. The molecule has 1 aromatic heterocycles. The van der Waals surface area contributed by atoms with Gasteiger partial charge in [0.25, 0.3) is 5.91 Å². The van der Waals surface area contributed by atoms with Crippen LogP contribution in [-0.4, -0.2) is 29.3 Å². The van der Waals surface area contributed by atoms with E-state index in [1.54, 1.807) is 0 Å². The van der Waals surface area contributed by atoms with Crippen molar-refractivity contribution in [3.63, 3.8) is 0 Å². The van der Waals surface area contributed by atoms with Gasteiger partial charge >= 0.3 is 5.97 Å². The molecule has 1 heterocycles. The molecule has 1 atom stereocenters. The van der Waals surface area contributed by atoms with Crippen molar-refractivity contribution >= 4 is 28.4 Å². The standard InChI is InChI=1S/C21H20N2O4/c1-13(17-9-5-7-15-6-3-4-8-18(15)17)23-20(25)12-27-21(26)19-10-16(11-22-19)14(2)24/h3-11,13,22H,12H2,1-2H3,(H,23,25)/t13-/m0/s1. The first kappa shape index (κ1) is 18.4. The lowest BCUT2D eigenvalue weighted by atomic mass is 10.00. The Balaban J connectivity index is 1.60. The van der Waals surface area contributed by atoms with Crippen LogP contribution < -0.4 is 5.32 Å². The fourth-order valence-corrected chi connectivity index (χ4v) is 2.91. The molecule has 3 aromatic rings. The van der Waals surface area contributed by atoms with Crippen LogP contribution in [0, 0.1) is 0 Å². The number of esters is 1. The molecule has 0 fully saturated rings. The molecule has 0 saturated carbocycles. The number of ether oxygens (including phenoxy) is 1. The summed E-state index contributed by atoms with van der Waals surface area (Å²) in [5, 5.41) is 4.99. The quantitative estimate of drug-likeness (QED) is 0.518. The molecule has 0 radical (unpaired) electrons. The van der Waals surface area contributed by atoms with Gasteiger partial charge < -0.3 is 15.0 Å². The van der Waals surface area contributed by atoms with E-state index in [0.29, 0.717) is 5.56 Å². The van der Waals surface area contributed by atoms with Gasteiger partial charge in [-0.05, 0) is 36.2 Å². The molecule has 1 amide bonds. The van der Waals surface area contributed by atoms with E-state index in [0.717, 1.165) is 16.3 Å². The highest BCUT2D eigenvalue weighted by Gasteiger charge is 2.16. The van der Waals surface area contributed by atoms with Gasteiger partial charge in [0.15, 0.2) is 12.4 Å². The SMILES string of the molecule is CC(=O)c1c[nH]c(C(=O)OCC(=O)N[C@@H](C)c2cccc3ccccc23)c1. The normalized spacial score (nSPS) is 11.8. The predicted octanol–water partition coefficient (Wildman–Crippen LogP) is 3.40. The highest BCUT2D eigenvalue weighted by atomic mass is 16.5. The van der Waals surface area contributed by atoms with Crippen LogP contribution >= 0.6 is 0 Å². The van der Waals surface area contributed by atoms with Crippen molar-refractivity contribution in [2.45, 2.75) is 19.9 Å². The van der Waals surface area contributed by atoms with Crippen molar-refractivity contribution < 1.29 is 19.1 Å². The van der Waals surface area contributed by atoms with E-state index in [1.165, 1.54) is 19.2 Å². The van der Waals surface area contributed by atoms with Crippen LogP contribution in [0.3, 0.4) is 0 Å². The molecule has 27 heavy (non-hydrogen) atoms. The number of aromatic nitrogens is 1. The van der Waals surface area contributed by atoms with E-state index in [4.69, 9.17) is 4.74 Å². The summed E-state index contributed by atoms with van der Waals surface area (Å²) < 4.78 is 5.01. The summed E-state index contributed by atoms with van der Waals surface area (Å²) in [6, 6.07) is 15.0. The molecule has 0 bridgehead atoms. The second kappa shape index (κ2) is 7.86. The van der Waals surface area contributed by atoms with Gasteiger partial charge in [-0.2, -0.15) is 0 Å². The molecule has 0 spiro atoms. The summed E-state index contributed by atoms with van der Waals surface area (Å²) in [6.07, 6.45) is 1.43. The second-order valence-corrected chi connectivity index (χ2v) is 6.29. The molecule has 6 heteroatoms. The molecule has 6 nitrogen and oxygen atoms in total. The van der Waals surface area contributed by atoms with Gasteiger partial charge in [-0.25, -0.2) is 4.79 Å². The second-order valence-electron chi connectivity index (χ2n) is 6.29. The Morgan fingerprint density at radius 1 is 1.11 bits per heavy atom. The maximum atomic E-state index is 12.2. The largest absolute Gasteiger partial charge is 0.451 e. The maximum absolute atomic E-state index is 12.2. The van der Waals surface area contributed by atoms with Crippen LogP contribution in [0.5, 0.6) is 0 Å². The fourth-order valence-electron chi connectivity index (χ4n) is 2.91. The van der Waals surface area contributed by atoms with E-state index in [2.05, 4.69) is 10.3 Å². The molecule has 138 valence electrons. The Morgan fingerprint density at radius 2 is 1.85 bits per heavy atom. The van der Waals surface area contributed by atoms with Gasteiger partial charge in [0, 0.05) is 11.8 Å². The number of carbonyl (C=O) groups is 3. The molecule has 2 N–H and O–H groups in total. The third-order valence-corrected chi connectivity index (χ3v) is 4.31. The van der Waals surface area contributed by atoms with Crippen LogP contribution in [-0.2, 0) is 9.53 Å². The average molecular weight is 364 g/mol. The first-order valence-electron chi connectivity index (χ1n) is 8.59. The number of nitrogens with one attached hydrogen (secondary N) is 2. The van der Waals surface area contributed by atoms with Crippen molar-refractivity contribution in [1.82, 2.24) is 10.3 Å². The summed E-state index contributed by atoms with van der Waals surface area (Å²) in [5.74, 6) is -1.25. The van der Waals surface area contributed by atoms with Gasteiger partial charge in [-0.1, -0.05) is 42.5 Å². The Hall–Kier alpha value is -3.41. The van der Waals surface area contributed by atoms with Crippen LogP contribution in [0.4, 0.5) is 0 Å². The smallest absolute Gasteiger partial charge is 0.355 e. The molecule has 2 aromatic carbocycles. The molecule has 3 rings (SSSR count). The van der Waals surface area contributed by atoms with Gasteiger partial charge in [0.2, 0.25) is 0 Å². The molecular formula is C21H20N2O4. The lowest BCUT2D eigenvalue weighted by molar-refractivity contribution is -0.124. The molecule has 0 aliphatic heterocycles. The highest BCUT2D eigenvalue weighted by Crippen LogP contribution is 2.23. The summed E-state index contributed by atoms with van der Waals surface area (Å²) in [4.78, 5) is 38.1. The molecule has 0 unspecified atom stereocenters. The first-order valence-corrected chi connectivity index (χ1v) is 8.59. The lowest BCUT2D eigenvalue weighted by Crippen LogP contribution is -2.31. The van der Waals surface area contributed by atoms with Gasteiger partial charge in [-0.3, -0.25) is 9.59 Å². The molecule has 0 aliphatic carbocycles. The number of rotatable bonds is 6. The highest BCUT2D eigenvalue weighted by molar-refractivity contribution is 5.97. The summed E-state index contributed by atoms with van der Waals surface area (Å²) in [5.41, 5.74) is 1.51. The molecule has 0 saturated heterocycles. The number of ketones is 1. The summed E-state index contributed by atoms with van der Waals surface area (Å²) in [7, 11) is 0. The van der Waals surface area contributed by atoms with E-state index in [-0.39, 0.29) is 17.5 Å². The topological polar surface area (TPSA) is 88.3 Å². The van der Waals surface area contributed by atoms with Gasteiger partial charge in [-0.15, -0.1) is 0 Å². The van der Waals surface area contributed by atoms with Gasteiger partial charge in [0.1, 0.15) is 5.69 Å². The number of aromatic amines is 1. The lowest BCUT2D eigenvalue weighted by Gasteiger charge is -2.16. The van der Waals surface area contributed by atoms with Crippen LogP contribution in [0.25, 0.3) is 10.8 Å². The van der Waals surface area contributed by atoms with Crippen molar-refractivity contribution in [3.8, 4) is 0 Å². The minimum absolute atomic E-state index is 0.134. The number of hydrogen-bond acceptors (Lipinski definition) is 4. The Morgan fingerprint density at radius 3 is 2.59 bits per heavy atom. The van der Waals surface area contributed by atoms with E-state index >= 15 is 0 Å². The van der Waals surface area contributed by atoms with Crippen molar-refractivity contribution in [1.29, 1.82) is 0 Å². The number of benzene rings is 2. The number of Topliss-reactive ketones (excluding diaryl/α,β-unsaturated/α-hetero) is 1. The average Bonchev–Trinajstić information content (AvgIpc) is 3.16. The number of H-pyrrole nitrogens is 1. The maximum Gasteiger partial charge on any atom is 0.355 e. The Kier molecular flexibility index (Phi) is 5.35. The van der Waals surface area contributed by atoms with Crippen LogP contribution in [0.2, 0.25) is 0 Å². The monoisotopic (exact) mass is 364 g/mol. The minimum Gasteiger partial charge on any atom is -0.451 e. The van der Waals surface area contributed by atoms with Crippen molar-refractivity contribution in [2.24, 2.45) is 0 Å². The number of hydrogen-bond donors (Lipinski definition) is 2. The third kappa shape index (κ3) is 4.23. The van der Waals surface area contributed by atoms with Gasteiger partial charge in [0.05, 0.1) is 6.04 Å². The first-order chi connectivity index (χ1) is 13.0. The van der Waals surface area contributed by atoms with Crippen LogP contribution in [0.15, 0.2) is 54.7 Å². The zero-order chi connectivity index (χ0) is 19.4. The third-order valence-electron chi connectivity index (χ3n) is 4.31. The Labute approximate surface area is 156 Å². The number of carbonyl (C=O) groups excluding carboxylic acids is 3. The van der Waals surface area contributed by atoms with Crippen molar-refractivity contribution in [3.05, 3.63) is 71.5 Å². The van der Waals surface area contributed by atoms with Crippen LogP contribution in [0.1, 0.15) is 46.3 Å². The number of amides is 1. The Bertz CT molecular complexity index is 1000. The summed E-state index contributed by atoms with van der Waals surface area (Å²) in [6.45, 7) is 2.88. The number of fused-ring (bicyclic) bond motifs is 1.